The molecule has 3 aromatic rings. The SMILES string of the molecule is CCCOc1cccc(/C(O)=C2/C(=O)C(=O)N(c3ccc(C#N)cc3)C2c2ccccn2)c1. The van der Waals surface area contributed by atoms with Crippen LogP contribution in [-0.4, -0.2) is 28.4 Å². The molecule has 1 unspecified atom stereocenters. The van der Waals surface area contributed by atoms with Crippen LogP contribution in [0.3, 0.4) is 0 Å². The molecule has 164 valence electrons. The summed E-state index contributed by atoms with van der Waals surface area (Å²) in [4.78, 5) is 31.9. The zero-order valence-electron chi connectivity index (χ0n) is 17.9. The summed E-state index contributed by atoms with van der Waals surface area (Å²) in [7, 11) is 0. The van der Waals surface area contributed by atoms with Crippen molar-refractivity contribution < 1.29 is 19.4 Å². The van der Waals surface area contributed by atoms with Gasteiger partial charge in [-0.1, -0.05) is 25.1 Å². The average molecular weight is 439 g/mol. The number of nitrogens with zero attached hydrogens (tertiary/aromatic N) is 3. The van der Waals surface area contributed by atoms with Crippen LogP contribution in [0.15, 0.2) is 78.5 Å². The van der Waals surface area contributed by atoms with Crippen molar-refractivity contribution in [1.82, 2.24) is 4.98 Å². The first-order chi connectivity index (χ1) is 16.0. The van der Waals surface area contributed by atoms with Crippen molar-refractivity contribution in [3.05, 3.63) is 95.3 Å². The van der Waals surface area contributed by atoms with Crippen molar-refractivity contribution in [3.63, 3.8) is 0 Å². The molecule has 1 atom stereocenters. The lowest BCUT2D eigenvalue weighted by Crippen LogP contribution is -2.29. The Morgan fingerprint density at radius 3 is 2.58 bits per heavy atom. The van der Waals surface area contributed by atoms with Gasteiger partial charge in [0.1, 0.15) is 17.6 Å². The van der Waals surface area contributed by atoms with Crippen LogP contribution in [0, 0.1) is 11.3 Å². The van der Waals surface area contributed by atoms with E-state index >= 15 is 0 Å². The van der Waals surface area contributed by atoms with Gasteiger partial charge < -0.3 is 9.84 Å². The first kappa shape index (κ1) is 21.8. The van der Waals surface area contributed by atoms with Crippen molar-refractivity contribution in [3.8, 4) is 11.8 Å². The minimum atomic E-state index is -0.931. The first-order valence-corrected chi connectivity index (χ1v) is 10.5. The third-order valence-corrected chi connectivity index (χ3v) is 5.27. The molecule has 0 aliphatic carbocycles. The van der Waals surface area contributed by atoms with Gasteiger partial charge in [0.05, 0.1) is 29.5 Å². The van der Waals surface area contributed by atoms with Crippen LogP contribution in [0.1, 0.15) is 36.2 Å². The summed E-state index contributed by atoms with van der Waals surface area (Å²) in [6.07, 6.45) is 2.39. The van der Waals surface area contributed by atoms with E-state index in [0.29, 0.717) is 34.9 Å². The van der Waals surface area contributed by atoms with Gasteiger partial charge >= 0.3 is 0 Å². The Labute approximate surface area is 191 Å². The van der Waals surface area contributed by atoms with E-state index in [2.05, 4.69) is 4.98 Å². The van der Waals surface area contributed by atoms with E-state index in [1.807, 2.05) is 13.0 Å². The molecular weight excluding hydrogens is 418 g/mol. The monoisotopic (exact) mass is 439 g/mol. The Kier molecular flexibility index (Phi) is 6.18. The summed E-state index contributed by atoms with van der Waals surface area (Å²) >= 11 is 0. The standard InChI is InChI=1S/C26H21N3O4/c1-2-14-33-20-7-5-6-18(15-20)24(30)22-23(21-8-3-4-13-28-21)29(26(32)25(22)31)19-11-9-17(16-27)10-12-19/h3-13,15,23,30H,2,14H2,1H3/b24-22-. The quantitative estimate of drug-likeness (QED) is 0.348. The molecule has 0 spiro atoms. The number of nitriles is 1. The summed E-state index contributed by atoms with van der Waals surface area (Å²) in [5.74, 6) is -1.35. The van der Waals surface area contributed by atoms with Gasteiger partial charge in [-0.3, -0.25) is 19.5 Å². The maximum atomic E-state index is 13.1. The third-order valence-electron chi connectivity index (χ3n) is 5.27. The number of aliphatic hydroxyl groups is 1. The number of carbonyl (C=O) groups is 2. The van der Waals surface area contributed by atoms with E-state index in [1.165, 1.54) is 4.90 Å². The van der Waals surface area contributed by atoms with Gasteiger partial charge in [-0.15, -0.1) is 0 Å². The third kappa shape index (κ3) is 4.19. The lowest BCUT2D eigenvalue weighted by atomic mass is 9.98. The predicted octanol–water partition coefficient (Wildman–Crippen LogP) is 4.37. The molecule has 1 N–H and O–H groups in total. The minimum absolute atomic E-state index is 0.0595. The first-order valence-electron chi connectivity index (χ1n) is 10.5. The van der Waals surface area contributed by atoms with Gasteiger partial charge in [0, 0.05) is 17.4 Å². The predicted molar refractivity (Wildman–Crippen MR) is 122 cm³/mol. The number of ketones is 1. The highest BCUT2D eigenvalue weighted by Gasteiger charge is 2.47. The zero-order valence-corrected chi connectivity index (χ0v) is 17.9. The van der Waals surface area contributed by atoms with Crippen molar-refractivity contribution >= 4 is 23.1 Å². The molecule has 1 amide bonds. The Hall–Kier alpha value is -4.44. The number of hydrogen-bond acceptors (Lipinski definition) is 6. The number of Topliss-reactive ketones (excluding diaryl/α,β-unsaturated/α-hetero) is 1. The number of aliphatic hydroxyl groups excluding tert-OH is 1. The Morgan fingerprint density at radius 1 is 1.12 bits per heavy atom. The topological polar surface area (TPSA) is 104 Å². The number of amides is 1. The smallest absolute Gasteiger partial charge is 0.300 e. The van der Waals surface area contributed by atoms with Gasteiger partial charge in [-0.2, -0.15) is 5.26 Å². The molecule has 33 heavy (non-hydrogen) atoms. The summed E-state index contributed by atoms with van der Waals surface area (Å²) < 4.78 is 5.65. The zero-order chi connectivity index (χ0) is 23.4. The largest absolute Gasteiger partial charge is 0.507 e. The van der Waals surface area contributed by atoms with E-state index in [4.69, 9.17) is 10.00 Å². The summed E-state index contributed by atoms with van der Waals surface area (Å²) in [6.45, 7) is 2.50. The normalized spacial score (nSPS) is 17.1. The van der Waals surface area contributed by atoms with Crippen LogP contribution in [0.2, 0.25) is 0 Å². The minimum Gasteiger partial charge on any atom is -0.507 e. The van der Waals surface area contributed by atoms with Gasteiger partial charge in [-0.05, 0) is 55.0 Å². The van der Waals surface area contributed by atoms with Crippen LogP contribution in [0.4, 0.5) is 5.69 Å². The number of hydrogen-bond donors (Lipinski definition) is 1. The number of aromatic nitrogens is 1. The molecular formula is C26H21N3O4. The molecule has 7 heteroatoms. The average Bonchev–Trinajstić information content (AvgIpc) is 3.13. The van der Waals surface area contributed by atoms with E-state index in [9.17, 15) is 14.7 Å². The second-order valence-electron chi connectivity index (χ2n) is 7.46. The van der Waals surface area contributed by atoms with Crippen molar-refractivity contribution in [2.45, 2.75) is 19.4 Å². The van der Waals surface area contributed by atoms with Gasteiger partial charge in [0.25, 0.3) is 11.7 Å². The maximum absolute atomic E-state index is 13.1. The van der Waals surface area contributed by atoms with E-state index in [0.717, 1.165) is 6.42 Å². The van der Waals surface area contributed by atoms with Crippen molar-refractivity contribution in [2.24, 2.45) is 0 Å². The highest BCUT2D eigenvalue weighted by molar-refractivity contribution is 6.51. The van der Waals surface area contributed by atoms with Crippen molar-refractivity contribution in [2.75, 3.05) is 11.5 Å². The molecule has 0 saturated carbocycles. The molecule has 1 aliphatic heterocycles. The fourth-order valence-corrected chi connectivity index (χ4v) is 3.72. The molecule has 7 nitrogen and oxygen atoms in total. The number of rotatable bonds is 6. The van der Waals surface area contributed by atoms with Crippen LogP contribution >= 0.6 is 0 Å². The lowest BCUT2D eigenvalue weighted by Gasteiger charge is -2.24. The molecule has 1 fully saturated rings. The van der Waals surface area contributed by atoms with Crippen LogP contribution in [-0.2, 0) is 9.59 Å². The highest BCUT2D eigenvalue weighted by atomic mass is 16.5. The van der Waals surface area contributed by atoms with Gasteiger partial charge in [-0.25, -0.2) is 0 Å². The molecule has 1 aliphatic rings. The summed E-state index contributed by atoms with van der Waals surface area (Å²) in [5, 5.41) is 20.3. The summed E-state index contributed by atoms with van der Waals surface area (Å²) in [6, 6.07) is 19.4. The second kappa shape index (κ2) is 9.37. The van der Waals surface area contributed by atoms with E-state index in [-0.39, 0.29) is 11.3 Å². The van der Waals surface area contributed by atoms with Crippen LogP contribution in [0.25, 0.3) is 5.76 Å². The highest BCUT2D eigenvalue weighted by Crippen LogP contribution is 2.41. The molecule has 0 radical (unpaired) electrons. The van der Waals surface area contributed by atoms with E-state index in [1.54, 1.807) is 72.9 Å². The van der Waals surface area contributed by atoms with E-state index < -0.39 is 17.7 Å². The Morgan fingerprint density at radius 2 is 1.91 bits per heavy atom. The molecule has 1 aromatic heterocycles. The Balaban J connectivity index is 1.86. The van der Waals surface area contributed by atoms with Gasteiger partial charge in [0.2, 0.25) is 0 Å². The number of ether oxygens (including phenoxy) is 1. The molecule has 2 aromatic carbocycles. The number of pyridine rings is 1. The lowest BCUT2D eigenvalue weighted by molar-refractivity contribution is -0.132. The van der Waals surface area contributed by atoms with Crippen LogP contribution < -0.4 is 9.64 Å². The maximum Gasteiger partial charge on any atom is 0.300 e. The van der Waals surface area contributed by atoms with Crippen molar-refractivity contribution in [1.29, 1.82) is 5.26 Å². The number of benzene rings is 2. The van der Waals surface area contributed by atoms with Crippen LogP contribution in [0.5, 0.6) is 5.75 Å². The molecule has 1 saturated heterocycles. The van der Waals surface area contributed by atoms with Gasteiger partial charge in [0.15, 0.2) is 0 Å². The Bertz CT molecular complexity index is 1260. The summed E-state index contributed by atoms with van der Waals surface area (Å²) in [5.41, 5.74) is 1.58. The fourth-order valence-electron chi connectivity index (χ4n) is 3.72. The number of anilines is 1. The molecule has 0 bridgehead atoms. The molecule has 4 rings (SSSR count). The molecule has 2 heterocycles. The fraction of sp³-hybridized carbons (Fsp3) is 0.154. The number of carbonyl (C=O) groups excluding carboxylic acids is 2. The second-order valence-corrected chi connectivity index (χ2v) is 7.46.